The number of carbonyl (C=O) groups excluding carboxylic acids is 2. The van der Waals surface area contributed by atoms with Crippen molar-refractivity contribution in [3.05, 3.63) is 11.1 Å². The van der Waals surface area contributed by atoms with E-state index >= 15 is 0 Å². The molecule has 0 aromatic heterocycles. The van der Waals surface area contributed by atoms with Crippen molar-refractivity contribution in [2.75, 3.05) is 13.2 Å². The van der Waals surface area contributed by atoms with Crippen LogP contribution in [0.3, 0.4) is 0 Å². The molecule has 0 heterocycles. The lowest BCUT2D eigenvalue weighted by Gasteiger charge is -2.19. The van der Waals surface area contributed by atoms with E-state index in [0.29, 0.717) is 30.8 Å². The lowest BCUT2D eigenvalue weighted by atomic mass is 9.90. The molecule has 1 saturated carbocycles. The normalized spacial score (nSPS) is 15.3. The van der Waals surface area contributed by atoms with Crippen LogP contribution in [0.25, 0.3) is 0 Å². The van der Waals surface area contributed by atoms with Crippen molar-refractivity contribution < 1.29 is 19.1 Å². The molecule has 0 atom stereocenters. The van der Waals surface area contributed by atoms with Crippen LogP contribution in [0.2, 0.25) is 0 Å². The minimum Gasteiger partial charge on any atom is -0.462 e. The molecule has 168 valence electrons. The Morgan fingerprint density at radius 2 is 1.21 bits per heavy atom. The summed E-state index contributed by atoms with van der Waals surface area (Å²) in [5, 5.41) is 0. The van der Waals surface area contributed by atoms with Crippen molar-refractivity contribution in [1.82, 2.24) is 0 Å². The van der Waals surface area contributed by atoms with E-state index in [1.165, 1.54) is 38.5 Å². The number of ether oxygens (including phenoxy) is 2. The summed E-state index contributed by atoms with van der Waals surface area (Å²) in [6.45, 7) is 7.02. The smallest absolute Gasteiger partial charge is 0.334 e. The van der Waals surface area contributed by atoms with Gasteiger partial charge in [-0.2, -0.15) is 0 Å². The standard InChI is InChI=1S/C25H44O4/c1-4-7-8-9-10-11-12-13-18-22(24(26)28-19-5-2)23(21-16-14-15-17-21)25(27)29-20-6-3/h21H,4-20H2,1-3H3/b23-22-. The predicted octanol–water partition coefficient (Wildman–Crippen LogP) is 6.91. The monoisotopic (exact) mass is 408 g/mol. The van der Waals surface area contributed by atoms with Crippen molar-refractivity contribution in [3.8, 4) is 0 Å². The van der Waals surface area contributed by atoms with Gasteiger partial charge >= 0.3 is 11.9 Å². The topological polar surface area (TPSA) is 52.6 Å². The van der Waals surface area contributed by atoms with E-state index in [1.54, 1.807) is 0 Å². The van der Waals surface area contributed by atoms with Gasteiger partial charge in [0.2, 0.25) is 0 Å². The van der Waals surface area contributed by atoms with Crippen LogP contribution >= 0.6 is 0 Å². The quantitative estimate of drug-likeness (QED) is 0.158. The van der Waals surface area contributed by atoms with Crippen LogP contribution in [-0.4, -0.2) is 25.2 Å². The van der Waals surface area contributed by atoms with Gasteiger partial charge in [0.25, 0.3) is 0 Å². The first-order valence-corrected chi connectivity index (χ1v) is 12.2. The third kappa shape index (κ3) is 10.3. The van der Waals surface area contributed by atoms with Gasteiger partial charge in [-0.05, 0) is 44.4 Å². The van der Waals surface area contributed by atoms with E-state index in [9.17, 15) is 9.59 Å². The summed E-state index contributed by atoms with van der Waals surface area (Å²) in [6.07, 6.45) is 16.1. The summed E-state index contributed by atoms with van der Waals surface area (Å²) >= 11 is 0. The number of esters is 2. The number of hydrogen-bond acceptors (Lipinski definition) is 4. The molecule has 0 spiro atoms. The van der Waals surface area contributed by atoms with Gasteiger partial charge in [0, 0.05) is 5.57 Å². The molecule has 1 aliphatic carbocycles. The van der Waals surface area contributed by atoms with Crippen molar-refractivity contribution in [3.63, 3.8) is 0 Å². The first kappa shape index (κ1) is 25.7. The van der Waals surface area contributed by atoms with E-state index in [1.807, 2.05) is 13.8 Å². The zero-order valence-corrected chi connectivity index (χ0v) is 19.2. The molecule has 4 heteroatoms. The minimum absolute atomic E-state index is 0.151. The minimum atomic E-state index is -0.301. The molecule has 29 heavy (non-hydrogen) atoms. The largest absolute Gasteiger partial charge is 0.462 e. The zero-order chi connectivity index (χ0) is 21.3. The molecule has 0 saturated heterocycles. The molecule has 0 amide bonds. The fourth-order valence-electron chi connectivity index (χ4n) is 4.09. The number of carbonyl (C=O) groups is 2. The maximum absolute atomic E-state index is 12.9. The van der Waals surface area contributed by atoms with Crippen molar-refractivity contribution in [2.24, 2.45) is 5.92 Å². The van der Waals surface area contributed by atoms with E-state index in [2.05, 4.69) is 6.92 Å². The Hall–Kier alpha value is -1.32. The van der Waals surface area contributed by atoms with Gasteiger partial charge < -0.3 is 9.47 Å². The fraction of sp³-hybridized carbons (Fsp3) is 0.840. The molecule has 0 radical (unpaired) electrons. The van der Waals surface area contributed by atoms with Crippen LogP contribution in [0.4, 0.5) is 0 Å². The van der Waals surface area contributed by atoms with Gasteiger partial charge in [-0.3, -0.25) is 0 Å². The maximum Gasteiger partial charge on any atom is 0.334 e. The van der Waals surface area contributed by atoms with Gasteiger partial charge in [0.1, 0.15) is 0 Å². The van der Waals surface area contributed by atoms with Gasteiger partial charge in [-0.15, -0.1) is 0 Å². The second kappa shape index (κ2) is 16.5. The van der Waals surface area contributed by atoms with Gasteiger partial charge in [-0.25, -0.2) is 9.59 Å². The van der Waals surface area contributed by atoms with Crippen LogP contribution < -0.4 is 0 Å². The molecule has 1 aliphatic rings. The average Bonchev–Trinajstić information content (AvgIpc) is 3.25. The van der Waals surface area contributed by atoms with Crippen LogP contribution in [0.5, 0.6) is 0 Å². The second-order valence-electron chi connectivity index (χ2n) is 8.37. The first-order valence-electron chi connectivity index (χ1n) is 12.2. The number of hydrogen-bond donors (Lipinski definition) is 0. The molecule has 0 aromatic carbocycles. The van der Waals surface area contributed by atoms with Gasteiger partial charge in [-0.1, -0.05) is 78.6 Å². The van der Waals surface area contributed by atoms with Crippen LogP contribution in [-0.2, 0) is 19.1 Å². The summed E-state index contributed by atoms with van der Waals surface area (Å²) < 4.78 is 10.9. The number of unbranched alkanes of at least 4 members (excludes halogenated alkanes) is 7. The first-order chi connectivity index (χ1) is 14.2. The van der Waals surface area contributed by atoms with E-state index in [4.69, 9.17) is 9.47 Å². The molecule has 0 aromatic rings. The molecule has 1 fully saturated rings. The zero-order valence-electron chi connectivity index (χ0n) is 19.2. The summed E-state index contributed by atoms with van der Waals surface area (Å²) in [5.41, 5.74) is 1.22. The van der Waals surface area contributed by atoms with Crippen molar-refractivity contribution in [2.45, 2.75) is 117 Å². The van der Waals surface area contributed by atoms with Crippen molar-refractivity contribution >= 4 is 11.9 Å². The highest BCUT2D eigenvalue weighted by molar-refractivity contribution is 6.00. The molecular weight excluding hydrogens is 364 g/mol. The molecule has 0 aliphatic heterocycles. The van der Waals surface area contributed by atoms with Crippen LogP contribution in [0.15, 0.2) is 11.1 Å². The molecule has 0 N–H and O–H groups in total. The lowest BCUT2D eigenvalue weighted by Crippen LogP contribution is -2.22. The molecule has 0 bridgehead atoms. The highest BCUT2D eigenvalue weighted by Crippen LogP contribution is 2.35. The molecule has 4 nitrogen and oxygen atoms in total. The Bertz CT molecular complexity index is 489. The Balaban J connectivity index is 2.80. The second-order valence-corrected chi connectivity index (χ2v) is 8.37. The Morgan fingerprint density at radius 1 is 0.690 bits per heavy atom. The summed E-state index contributed by atoms with van der Waals surface area (Å²) in [5.74, 6) is -0.440. The highest BCUT2D eigenvalue weighted by Gasteiger charge is 2.31. The van der Waals surface area contributed by atoms with E-state index in [0.717, 1.165) is 51.4 Å². The lowest BCUT2D eigenvalue weighted by molar-refractivity contribution is -0.143. The molecule has 1 rings (SSSR count). The van der Waals surface area contributed by atoms with Crippen molar-refractivity contribution in [1.29, 1.82) is 0 Å². The SMILES string of the molecule is CCCCCCCCCC/C(C(=O)OCCC)=C(/C(=O)OCCC)C1CCCC1. The number of rotatable bonds is 16. The van der Waals surface area contributed by atoms with E-state index < -0.39 is 0 Å². The highest BCUT2D eigenvalue weighted by atomic mass is 16.5. The Kier molecular flexibility index (Phi) is 14.6. The Labute approximate surface area is 178 Å². The van der Waals surface area contributed by atoms with E-state index in [-0.39, 0.29) is 17.9 Å². The van der Waals surface area contributed by atoms with Gasteiger partial charge in [0.05, 0.1) is 18.8 Å². The summed E-state index contributed by atoms with van der Waals surface area (Å²) in [7, 11) is 0. The van der Waals surface area contributed by atoms with Gasteiger partial charge in [0.15, 0.2) is 0 Å². The Morgan fingerprint density at radius 3 is 1.76 bits per heavy atom. The predicted molar refractivity (Wildman–Crippen MR) is 119 cm³/mol. The molecular formula is C25H44O4. The maximum atomic E-state index is 12.9. The third-order valence-electron chi connectivity index (χ3n) is 5.71. The molecule has 0 unspecified atom stereocenters. The van der Waals surface area contributed by atoms with Crippen LogP contribution in [0.1, 0.15) is 117 Å². The summed E-state index contributed by atoms with van der Waals surface area (Å²) in [4.78, 5) is 25.7. The van der Waals surface area contributed by atoms with Crippen LogP contribution in [0, 0.1) is 5.92 Å². The fourth-order valence-corrected chi connectivity index (χ4v) is 4.09. The summed E-state index contributed by atoms with van der Waals surface area (Å²) in [6, 6.07) is 0. The third-order valence-corrected chi connectivity index (χ3v) is 5.71. The average molecular weight is 409 g/mol.